The Morgan fingerprint density at radius 1 is 1.19 bits per heavy atom. The lowest BCUT2D eigenvalue weighted by atomic mass is 10.3. The van der Waals surface area contributed by atoms with E-state index in [0.29, 0.717) is 33.0 Å². The summed E-state index contributed by atoms with van der Waals surface area (Å²) < 4.78 is 0. The van der Waals surface area contributed by atoms with Gasteiger partial charge in [-0.05, 0) is 44.3 Å². The van der Waals surface area contributed by atoms with Crippen LogP contribution in [0.2, 0.25) is 10.0 Å². The van der Waals surface area contributed by atoms with Gasteiger partial charge in [-0.2, -0.15) is 4.99 Å². The minimum Gasteiger partial charge on any atom is -0.478 e. The smallest absolute Gasteiger partial charge is 0.328 e. The molecular formula is C15H18Cl2N4O4S. The molecular weight excluding hydrogens is 403 g/mol. The van der Waals surface area contributed by atoms with E-state index in [4.69, 9.17) is 51.4 Å². The summed E-state index contributed by atoms with van der Waals surface area (Å²) in [6.45, 7) is 3.93. The van der Waals surface area contributed by atoms with Gasteiger partial charge in [0, 0.05) is 23.9 Å². The highest BCUT2D eigenvalue weighted by atomic mass is 35.5. The van der Waals surface area contributed by atoms with E-state index >= 15 is 0 Å². The number of guanidine groups is 1. The van der Waals surface area contributed by atoms with Crippen molar-refractivity contribution in [3.63, 3.8) is 0 Å². The lowest BCUT2D eigenvalue weighted by Gasteiger charge is -2.09. The molecule has 0 saturated carbocycles. The van der Waals surface area contributed by atoms with Crippen molar-refractivity contribution in [3.05, 3.63) is 40.4 Å². The van der Waals surface area contributed by atoms with E-state index in [9.17, 15) is 9.59 Å². The molecule has 0 fully saturated rings. The second kappa shape index (κ2) is 12.1. The van der Waals surface area contributed by atoms with E-state index in [1.165, 1.54) is 0 Å². The number of anilines is 1. The Bertz CT molecular complexity index is 708. The minimum absolute atomic E-state index is 0.187. The summed E-state index contributed by atoms with van der Waals surface area (Å²) in [7, 11) is 0. The lowest BCUT2D eigenvalue weighted by Crippen LogP contribution is -2.31. The van der Waals surface area contributed by atoms with Gasteiger partial charge in [0.15, 0.2) is 5.11 Å². The number of aliphatic carboxylic acids is 2. The standard InChI is InChI=1S/C11H14Cl2N4S.C4H4O4/c1-6(2)15-11(18)17-10(14)16-7-3-4-8(12)9(13)5-7;5-3(6)1-2-4(7)8/h3-6H,1-2H3,(H4,14,15,16,17,18);1-2H,(H,5,6)(H,7,8)/b;2-1+. The Kier molecular flexibility index (Phi) is 11.0. The van der Waals surface area contributed by atoms with Crippen molar-refractivity contribution in [2.75, 3.05) is 5.32 Å². The molecule has 0 atom stereocenters. The second-order valence-corrected chi connectivity index (χ2v) is 6.07. The number of carboxylic acids is 2. The fraction of sp³-hybridized carbons (Fsp3) is 0.200. The molecule has 0 unspecified atom stereocenters. The van der Waals surface area contributed by atoms with Crippen LogP contribution in [0.25, 0.3) is 0 Å². The highest BCUT2D eigenvalue weighted by molar-refractivity contribution is 7.80. The molecule has 0 spiro atoms. The van der Waals surface area contributed by atoms with Gasteiger partial charge in [-0.3, -0.25) is 0 Å². The summed E-state index contributed by atoms with van der Waals surface area (Å²) in [5, 5.41) is 22.7. The van der Waals surface area contributed by atoms with E-state index in [-0.39, 0.29) is 12.0 Å². The zero-order valence-corrected chi connectivity index (χ0v) is 16.2. The zero-order chi connectivity index (χ0) is 20.3. The molecule has 0 heterocycles. The van der Waals surface area contributed by atoms with Gasteiger partial charge >= 0.3 is 11.9 Å². The van der Waals surface area contributed by atoms with E-state index in [0.717, 1.165) is 0 Å². The number of halogens is 2. The Hall–Kier alpha value is -2.36. The van der Waals surface area contributed by atoms with Crippen LogP contribution in [0.3, 0.4) is 0 Å². The molecule has 0 aromatic heterocycles. The Morgan fingerprint density at radius 3 is 2.15 bits per heavy atom. The summed E-state index contributed by atoms with van der Waals surface area (Å²) in [4.78, 5) is 23.1. The Morgan fingerprint density at radius 2 is 1.73 bits per heavy atom. The quantitative estimate of drug-likeness (QED) is 0.217. The van der Waals surface area contributed by atoms with Crippen LogP contribution >= 0.6 is 35.4 Å². The fourth-order valence-electron chi connectivity index (χ4n) is 1.28. The molecule has 0 aliphatic carbocycles. The molecule has 1 rings (SSSR count). The van der Waals surface area contributed by atoms with Crippen molar-refractivity contribution in [1.82, 2.24) is 5.32 Å². The number of carboxylic acid groups (broad SMARTS) is 2. The van der Waals surface area contributed by atoms with Crippen LogP contribution in [0.4, 0.5) is 5.69 Å². The van der Waals surface area contributed by atoms with Crippen molar-refractivity contribution >= 4 is 64.1 Å². The van der Waals surface area contributed by atoms with Gasteiger partial charge in [-0.1, -0.05) is 23.2 Å². The summed E-state index contributed by atoms with van der Waals surface area (Å²) >= 11 is 16.7. The molecule has 1 aromatic rings. The van der Waals surface area contributed by atoms with Crippen LogP contribution in [-0.4, -0.2) is 39.3 Å². The van der Waals surface area contributed by atoms with Crippen molar-refractivity contribution in [3.8, 4) is 0 Å². The van der Waals surface area contributed by atoms with Crippen LogP contribution in [0, 0.1) is 0 Å². The van der Waals surface area contributed by atoms with Crippen LogP contribution in [0.1, 0.15) is 13.8 Å². The number of hydrogen-bond donors (Lipinski definition) is 5. The summed E-state index contributed by atoms with van der Waals surface area (Å²) in [5.41, 5.74) is 6.40. The molecule has 0 aliphatic heterocycles. The topological polar surface area (TPSA) is 137 Å². The average molecular weight is 421 g/mol. The van der Waals surface area contributed by atoms with Crippen LogP contribution < -0.4 is 16.4 Å². The van der Waals surface area contributed by atoms with Gasteiger partial charge in [0.25, 0.3) is 0 Å². The zero-order valence-electron chi connectivity index (χ0n) is 13.9. The van der Waals surface area contributed by atoms with Crippen LogP contribution in [-0.2, 0) is 9.59 Å². The minimum atomic E-state index is -1.26. The number of thiocarbonyl (C=S) groups is 1. The molecule has 0 bridgehead atoms. The van der Waals surface area contributed by atoms with Gasteiger partial charge in [-0.15, -0.1) is 0 Å². The van der Waals surface area contributed by atoms with Crippen LogP contribution in [0.5, 0.6) is 0 Å². The molecule has 26 heavy (non-hydrogen) atoms. The first kappa shape index (κ1) is 23.6. The predicted molar refractivity (Wildman–Crippen MR) is 107 cm³/mol. The van der Waals surface area contributed by atoms with Gasteiger partial charge in [-0.25, -0.2) is 9.59 Å². The SMILES string of the molecule is CC(C)NC(=S)/N=C(\N)Nc1ccc(Cl)c(Cl)c1.O=C(O)/C=C/C(=O)O. The lowest BCUT2D eigenvalue weighted by molar-refractivity contribution is -0.134. The number of nitrogens with zero attached hydrogens (tertiary/aromatic N) is 1. The number of hydrogen-bond acceptors (Lipinski definition) is 3. The normalized spacial score (nSPS) is 10.9. The second-order valence-electron chi connectivity index (χ2n) is 4.86. The number of carbonyl (C=O) groups is 2. The first-order valence-electron chi connectivity index (χ1n) is 7.02. The third kappa shape index (κ3) is 12.1. The third-order valence-corrected chi connectivity index (χ3v) is 3.14. The number of aliphatic imine (C=N–C) groups is 1. The number of nitrogens with one attached hydrogen (secondary N) is 2. The number of benzene rings is 1. The number of rotatable bonds is 4. The van der Waals surface area contributed by atoms with Gasteiger partial charge in [0.05, 0.1) is 10.0 Å². The van der Waals surface area contributed by atoms with Crippen LogP contribution in [0.15, 0.2) is 35.3 Å². The molecule has 6 N–H and O–H groups in total. The molecule has 0 amide bonds. The van der Waals surface area contributed by atoms with Gasteiger partial charge in [0.1, 0.15) is 0 Å². The maximum Gasteiger partial charge on any atom is 0.328 e. The maximum absolute atomic E-state index is 9.55. The first-order chi connectivity index (χ1) is 12.0. The van der Waals surface area contributed by atoms with E-state index in [1.54, 1.807) is 18.2 Å². The monoisotopic (exact) mass is 420 g/mol. The first-order valence-corrected chi connectivity index (χ1v) is 8.18. The summed E-state index contributed by atoms with van der Waals surface area (Å²) in [5.74, 6) is -2.33. The van der Waals surface area contributed by atoms with Crippen molar-refractivity contribution < 1.29 is 19.8 Å². The Balaban J connectivity index is 0.000000660. The van der Waals surface area contributed by atoms with E-state index in [2.05, 4.69) is 15.6 Å². The van der Waals surface area contributed by atoms with E-state index < -0.39 is 11.9 Å². The molecule has 142 valence electrons. The van der Waals surface area contributed by atoms with E-state index in [1.807, 2.05) is 13.8 Å². The largest absolute Gasteiger partial charge is 0.478 e. The molecule has 11 heteroatoms. The molecule has 0 saturated heterocycles. The van der Waals surface area contributed by atoms with Crippen molar-refractivity contribution in [1.29, 1.82) is 0 Å². The van der Waals surface area contributed by atoms with Gasteiger partial charge in [0.2, 0.25) is 5.96 Å². The maximum atomic E-state index is 9.55. The molecule has 0 aliphatic rings. The highest BCUT2D eigenvalue weighted by Crippen LogP contribution is 2.24. The molecule has 1 aromatic carbocycles. The Labute approximate surface area is 165 Å². The van der Waals surface area contributed by atoms with Crippen molar-refractivity contribution in [2.45, 2.75) is 19.9 Å². The molecule has 8 nitrogen and oxygen atoms in total. The average Bonchev–Trinajstić information content (AvgIpc) is 2.48. The van der Waals surface area contributed by atoms with Crippen molar-refractivity contribution in [2.24, 2.45) is 10.7 Å². The highest BCUT2D eigenvalue weighted by Gasteiger charge is 2.02. The predicted octanol–water partition coefficient (Wildman–Crippen LogP) is 2.71. The summed E-state index contributed by atoms with van der Waals surface area (Å²) in [6.07, 6.45) is 1.12. The summed E-state index contributed by atoms with van der Waals surface area (Å²) in [6, 6.07) is 5.28. The number of nitrogens with two attached hydrogens (primary N) is 1. The molecule has 0 radical (unpaired) electrons. The van der Waals surface area contributed by atoms with Gasteiger partial charge < -0.3 is 26.6 Å². The third-order valence-electron chi connectivity index (χ3n) is 2.19. The fourth-order valence-corrected chi connectivity index (χ4v) is 1.91.